The van der Waals surface area contributed by atoms with Gasteiger partial charge in [0, 0.05) is 38.8 Å². The van der Waals surface area contributed by atoms with E-state index >= 15 is 0 Å². The zero-order valence-corrected chi connectivity index (χ0v) is 19.1. The summed E-state index contributed by atoms with van der Waals surface area (Å²) < 4.78 is 27.3. The summed E-state index contributed by atoms with van der Waals surface area (Å²) in [6.45, 7) is 6.95. The van der Waals surface area contributed by atoms with E-state index in [4.69, 9.17) is 0 Å². The zero-order valence-electron chi connectivity index (χ0n) is 18.3. The van der Waals surface area contributed by atoms with Crippen molar-refractivity contribution >= 4 is 15.9 Å². The molecule has 1 heterocycles. The summed E-state index contributed by atoms with van der Waals surface area (Å²) in [6, 6.07) is 15.7. The van der Waals surface area contributed by atoms with E-state index in [1.165, 1.54) is 9.87 Å². The summed E-state index contributed by atoms with van der Waals surface area (Å²) in [4.78, 5) is 17.5. The average molecular weight is 442 g/mol. The predicted molar refractivity (Wildman–Crippen MR) is 121 cm³/mol. The summed E-state index contributed by atoms with van der Waals surface area (Å²) in [5.41, 5.74) is 3.40. The van der Waals surface area contributed by atoms with Crippen LogP contribution in [0.25, 0.3) is 0 Å². The van der Waals surface area contributed by atoms with Crippen LogP contribution in [0.4, 0.5) is 0 Å². The Labute approximate surface area is 185 Å². The number of benzene rings is 2. The maximum Gasteiger partial charge on any atom is 0.243 e. The van der Waals surface area contributed by atoms with Crippen molar-refractivity contribution in [1.82, 2.24) is 14.1 Å². The minimum atomic E-state index is -3.48. The van der Waals surface area contributed by atoms with Gasteiger partial charge in [0.2, 0.25) is 15.9 Å². The number of piperazine rings is 1. The van der Waals surface area contributed by atoms with Crippen molar-refractivity contribution in [1.29, 1.82) is 0 Å². The Bertz CT molecular complexity index is 1010. The molecule has 6 nitrogen and oxygen atoms in total. The maximum absolute atomic E-state index is 13.0. The normalized spacial score (nSPS) is 18.1. The highest BCUT2D eigenvalue weighted by molar-refractivity contribution is 7.89. The smallest absolute Gasteiger partial charge is 0.243 e. The Kier molecular flexibility index (Phi) is 6.46. The van der Waals surface area contributed by atoms with Crippen LogP contribution in [0.1, 0.15) is 29.5 Å². The van der Waals surface area contributed by atoms with Gasteiger partial charge in [-0.25, -0.2) is 8.42 Å². The van der Waals surface area contributed by atoms with E-state index in [-0.39, 0.29) is 5.91 Å². The molecule has 1 aliphatic carbocycles. The van der Waals surface area contributed by atoms with Crippen LogP contribution in [0.5, 0.6) is 0 Å². The minimum Gasteiger partial charge on any atom is -0.334 e. The Balaban J connectivity index is 1.33. The molecule has 0 bridgehead atoms. The molecule has 2 aliphatic rings. The number of rotatable bonds is 7. The van der Waals surface area contributed by atoms with E-state index in [0.717, 1.165) is 24.0 Å². The van der Waals surface area contributed by atoms with Crippen molar-refractivity contribution in [2.75, 3.05) is 32.7 Å². The number of amides is 1. The third kappa shape index (κ3) is 5.34. The first-order chi connectivity index (χ1) is 14.8. The Morgan fingerprint density at radius 3 is 2.00 bits per heavy atom. The standard InChI is InChI=1S/C24H31N3O3S/c1-19-3-7-21(8-4-19)17-27(22-9-10-22)24(28)18-25-13-15-26(16-14-25)31(29,30)23-11-5-20(2)6-12-23/h3-8,11-12,22H,9-10,13-18H2,1-2H3. The fraction of sp³-hybridized carbons (Fsp3) is 0.458. The van der Waals surface area contributed by atoms with Crippen LogP contribution in [-0.2, 0) is 21.4 Å². The molecule has 2 aromatic rings. The lowest BCUT2D eigenvalue weighted by molar-refractivity contribution is -0.133. The second-order valence-electron chi connectivity index (χ2n) is 8.73. The van der Waals surface area contributed by atoms with Crippen molar-refractivity contribution in [3.8, 4) is 0 Å². The number of carbonyl (C=O) groups excluding carboxylic acids is 1. The van der Waals surface area contributed by atoms with Gasteiger partial charge in [0.25, 0.3) is 0 Å². The average Bonchev–Trinajstić information content (AvgIpc) is 3.59. The summed E-state index contributed by atoms with van der Waals surface area (Å²) in [6.07, 6.45) is 2.14. The topological polar surface area (TPSA) is 60.9 Å². The number of carbonyl (C=O) groups is 1. The molecule has 0 unspecified atom stereocenters. The molecular formula is C24H31N3O3S. The lowest BCUT2D eigenvalue weighted by atomic mass is 10.1. The van der Waals surface area contributed by atoms with Gasteiger partial charge < -0.3 is 4.90 Å². The van der Waals surface area contributed by atoms with Crippen molar-refractivity contribution in [2.24, 2.45) is 0 Å². The fourth-order valence-electron chi connectivity index (χ4n) is 3.97. The molecule has 1 saturated heterocycles. The zero-order chi connectivity index (χ0) is 22.0. The molecule has 1 saturated carbocycles. The van der Waals surface area contributed by atoms with Gasteiger partial charge in [-0.05, 0) is 44.4 Å². The largest absolute Gasteiger partial charge is 0.334 e. The van der Waals surface area contributed by atoms with E-state index < -0.39 is 10.0 Å². The van der Waals surface area contributed by atoms with Gasteiger partial charge in [-0.2, -0.15) is 4.31 Å². The highest BCUT2D eigenvalue weighted by atomic mass is 32.2. The van der Waals surface area contributed by atoms with E-state index in [0.29, 0.717) is 50.2 Å². The Morgan fingerprint density at radius 1 is 0.903 bits per heavy atom. The van der Waals surface area contributed by atoms with Gasteiger partial charge in [-0.3, -0.25) is 9.69 Å². The monoisotopic (exact) mass is 441 g/mol. The number of nitrogens with zero attached hydrogens (tertiary/aromatic N) is 3. The second-order valence-corrected chi connectivity index (χ2v) is 10.7. The molecule has 166 valence electrons. The molecule has 0 atom stereocenters. The first-order valence-electron chi connectivity index (χ1n) is 11.0. The van der Waals surface area contributed by atoms with Crippen LogP contribution in [0, 0.1) is 13.8 Å². The first-order valence-corrected chi connectivity index (χ1v) is 12.4. The lowest BCUT2D eigenvalue weighted by Gasteiger charge is -2.35. The highest BCUT2D eigenvalue weighted by Gasteiger charge is 2.34. The van der Waals surface area contributed by atoms with Gasteiger partial charge in [-0.1, -0.05) is 47.5 Å². The van der Waals surface area contributed by atoms with Gasteiger partial charge in [0.15, 0.2) is 0 Å². The second kappa shape index (κ2) is 9.10. The van der Waals surface area contributed by atoms with E-state index in [1.54, 1.807) is 12.1 Å². The molecule has 1 aliphatic heterocycles. The minimum absolute atomic E-state index is 0.137. The number of sulfonamides is 1. The maximum atomic E-state index is 13.0. The molecule has 4 rings (SSSR count). The molecule has 2 fully saturated rings. The van der Waals surface area contributed by atoms with Gasteiger partial charge in [0.05, 0.1) is 11.4 Å². The van der Waals surface area contributed by atoms with Crippen LogP contribution in [-0.4, -0.2) is 67.2 Å². The van der Waals surface area contributed by atoms with Crippen LogP contribution in [0.3, 0.4) is 0 Å². The molecule has 0 N–H and O–H groups in total. The molecule has 31 heavy (non-hydrogen) atoms. The van der Waals surface area contributed by atoms with E-state index in [2.05, 4.69) is 36.1 Å². The summed E-state index contributed by atoms with van der Waals surface area (Å²) in [7, 11) is -3.48. The third-order valence-corrected chi connectivity index (χ3v) is 8.04. The van der Waals surface area contributed by atoms with Crippen LogP contribution >= 0.6 is 0 Å². The van der Waals surface area contributed by atoms with E-state index in [9.17, 15) is 13.2 Å². The SMILES string of the molecule is Cc1ccc(CN(C(=O)CN2CCN(S(=O)(=O)c3ccc(C)cc3)CC2)C2CC2)cc1. The molecule has 0 aromatic heterocycles. The fourth-order valence-corrected chi connectivity index (χ4v) is 5.39. The van der Waals surface area contributed by atoms with Crippen molar-refractivity contribution in [3.05, 3.63) is 65.2 Å². The number of hydrogen-bond acceptors (Lipinski definition) is 4. The third-order valence-electron chi connectivity index (χ3n) is 6.13. The number of aryl methyl sites for hydroxylation is 2. The van der Waals surface area contributed by atoms with Gasteiger partial charge in [-0.15, -0.1) is 0 Å². The van der Waals surface area contributed by atoms with Crippen LogP contribution in [0.15, 0.2) is 53.4 Å². The van der Waals surface area contributed by atoms with Gasteiger partial charge in [0.1, 0.15) is 0 Å². The first kappa shape index (κ1) is 22.0. The quantitative estimate of drug-likeness (QED) is 0.663. The van der Waals surface area contributed by atoms with Crippen molar-refractivity contribution < 1.29 is 13.2 Å². The number of hydrogen-bond donors (Lipinski definition) is 0. The highest BCUT2D eigenvalue weighted by Crippen LogP contribution is 2.29. The Hall–Kier alpha value is -2.22. The van der Waals surface area contributed by atoms with Crippen LogP contribution < -0.4 is 0 Å². The Morgan fingerprint density at radius 2 is 1.45 bits per heavy atom. The van der Waals surface area contributed by atoms with Crippen molar-refractivity contribution in [3.63, 3.8) is 0 Å². The predicted octanol–water partition coefficient (Wildman–Crippen LogP) is 2.80. The summed E-state index contributed by atoms with van der Waals surface area (Å²) >= 11 is 0. The molecule has 2 aromatic carbocycles. The summed E-state index contributed by atoms with van der Waals surface area (Å²) in [5, 5.41) is 0. The molecule has 7 heteroatoms. The lowest BCUT2D eigenvalue weighted by Crippen LogP contribution is -2.51. The van der Waals surface area contributed by atoms with E-state index in [1.807, 2.05) is 24.0 Å². The molecule has 0 radical (unpaired) electrons. The molecular weight excluding hydrogens is 410 g/mol. The van der Waals surface area contributed by atoms with Crippen molar-refractivity contribution in [2.45, 2.75) is 44.2 Å². The summed E-state index contributed by atoms with van der Waals surface area (Å²) in [5.74, 6) is 0.137. The molecule has 0 spiro atoms. The molecule has 1 amide bonds. The van der Waals surface area contributed by atoms with Crippen LogP contribution in [0.2, 0.25) is 0 Å². The van der Waals surface area contributed by atoms with Gasteiger partial charge >= 0.3 is 0 Å².